The zero-order valence-corrected chi connectivity index (χ0v) is 15.6. The second-order valence-corrected chi connectivity index (χ2v) is 5.97. The fourth-order valence-corrected chi connectivity index (χ4v) is 2.55. The van der Waals surface area contributed by atoms with E-state index in [1.165, 1.54) is 0 Å². The van der Waals surface area contributed by atoms with Crippen LogP contribution in [0.4, 0.5) is 0 Å². The smallest absolute Gasteiger partial charge is 0.133 e. The number of benzene rings is 1. The highest BCUT2D eigenvalue weighted by atomic mass is 16.5. The molecule has 0 saturated carbocycles. The number of nitrogens with zero attached hydrogens (tertiary/aromatic N) is 1. The number of hydrogen-bond donors (Lipinski definition) is 0. The lowest BCUT2D eigenvalue weighted by atomic mass is 10.1. The van der Waals surface area contributed by atoms with Crippen LogP contribution < -0.4 is 4.74 Å². The van der Waals surface area contributed by atoms with Crippen molar-refractivity contribution in [1.29, 1.82) is 0 Å². The largest absolute Gasteiger partial charge is 0.493 e. The highest BCUT2D eigenvalue weighted by Gasteiger charge is 2.11. The Labute approximate surface area is 150 Å². The van der Waals surface area contributed by atoms with E-state index in [1.807, 2.05) is 18.2 Å². The summed E-state index contributed by atoms with van der Waals surface area (Å²) < 4.78 is 16.5. The van der Waals surface area contributed by atoms with E-state index in [4.69, 9.17) is 19.2 Å². The molecule has 2 aromatic rings. The highest BCUT2D eigenvalue weighted by Crippen LogP contribution is 2.31. The van der Waals surface area contributed by atoms with E-state index in [1.54, 1.807) is 7.11 Å². The summed E-state index contributed by atoms with van der Waals surface area (Å²) in [4.78, 5) is 4.78. The molecule has 0 aliphatic rings. The average Bonchev–Trinajstić information content (AvgIpc) is 2.63. The Morgan fingerprint density at radius 3 is 2.72 bits per heavy atom. The first kappa shape index (κ1) is 19.4. The Kier molecular flexibility index (Phi) is 8.43. The molecular formula is C21H29NO3. The lowest BCUT2D eigenvalue weighted by molar-refractivity contribution is 0.0731. The van der Waals surface area contributed by atoms with Gasteiger partial charge in [-0.1, -0.05) is 31.6 Å². The molecule has 0 spiro atoms. The molecule has 0 saturated heterocycles. The van der Waals surface area contributed by atoms with Crippen LogP contribution in [0.15, 0.2) is 30.3 Å². The van der Waals surface area contributed by atoms with Crippen LogP contribution >= 0.6 is 0 Å². The number of pyridine rings is 1. The Morgan fingerprint density at radius 2 is 1.92 bits per heavy atom. The van der Waals surface area contributed by atoms with Gasteiger partial charge in [0.25, 0.3) is 0 Å². The van der Waals surface area contributed by atoms with Gasteiger partial charge in [0, 0.05) is 18.1 Å². The molecule has 0 aliphatic heterocycles. The van der Waals surface area contributed by atoms with Crippen LogP contribution in [0.25, 0.3) is 17.0 Å². The predicted molar refractivity (Wildman–Crippen MR) is 103 cm³/mol. The molecule has 2 rings (SSSR count). The molecular weight excluding hydrogens is 314 g/mol. The van der Waals surface area contributed by atoms with Crippen molar-refractivity contribution in [1.82, 2.24) is 4.98 Å². The molecule has 25 heavy (non-hydrogen) atoms. The molecule has 136 valence electrons. The fraction of sp³-hybridized carbons (Fsp3) is 0.476. The van der Waals surface area contributed by atoms with Gasteiger partial charge in [-0.3, -0.25) is 0 Å². The molecule has 0 radical (unpaired) electrons. The van der Waals surface area contributed by atoms with Crippen LogP contribution in [-0.2, 0) is 9.47 Å². The summed E-state index contributed by atoms with van der Waals surface area (Å²) in [6.45, 7) is 6.94. The quantitative estimate of drug-likeness (QED) is 0.550. The third-order valence-corrected chi connectivity index (χ3v) is 4.00. The van der Waals surface area contributed by atoms with Gasteiger partial charge in [-0.05, 0) is 38.0 Å². The molecule has 1 aromatic carbocycles. The second kappa shape index (κ2) is 10.9. The van der Waals surface area contributed by atoms with Gasteiger partial charge in [-0.2, -0.15) is 0 Å². The zero-order valence-electron chi connectivity index (χ0n) is 15.6. The number of fused-ring (bicyclic) bond motifs is 1. The van der Waals surface area contributed by atoms with Crippen molar-refractivity contribution in [2.24, 2.45) is 0 Å². The number of methoxy groups -OCH3 is 1. The van der Waals surface area contributed by atoms with Crippen molar-refractivity contribution in [3.8, 4) is 5.75 Å². The molecule has 1 heterocycles. The molecule has 0 fully saturated rings. The number of hydrogen-bond acceptors (Lipinski definition) is 4. The molecule has 0 bridgehead atoms. The summed E-state index contributed by atoms with van der Waals surface area (Å²) in [6, 6.07) is 8.15. The van der Waals surface area contributed by atoms with Crippen molar-refractivity contribution in [3.05, 3.63) is 41.6 Å². The van der Waals surface area contributed by atoms with E-state index in [-0.39, 0.29) is 0 Å². The van der Waals surface area contributed by atoms with E-state index >= 15 is 0 Å². The summed E-state index contributed by atoms with van der Waals surface area (Å²) in [6.07, 6.45) is 7.20. The monoisotopic (exact) mass is 343 g/mol. The van der Waals surface area contributed by atoms with Gasteiger partial charge in [0.05, 0.1) is 37.6 Å². The average molecular weight is 343 g/mol. The third-order valence-electron chi connectivity index (χ3n) is 4.00. The van der Waals surface area contributed by atoms with Crippen LogP contribution in [-0.4, -0.2) is 38.5 Å². The SMILES string of the molecule is CCCCOc1c(C)c(C=CCCOCCOC)nc2ccccc12. The molecule has 0 atom stereocenters. The van der Waals surface area contributed by atoms with Crippen LogP contribution in [0, 0.1) is 6.92 Å². The van der Waals surface area contributed by atoms with Crippen LogP contribution in [0.3, 0.4) is 0 Å². The standard InChI is InChI=1S/C21H29NO3/c1-4-5-14-25-21-17(2)19(11-8-9-13-24-16-15-23-3)22-20-12-7-6-10-18(20)21/h6-8,10-12H,4-5,9,13-16H2,1-3H3. The maximum absolute atomic E-state index is 6.09. The van der Waals surface area contributed by atoms with Gasteiger partial charge in [0.2, 0.25) is 0 Å². The van der Waals surface area contributed by atoms with Crippen molar-refractivity contribution in [2.75, 3.05) is 33.5 Å². The molecule has 0 N–H and O–H groups in total. The maximum Gasteiger partial charge on any atom is 0.133 e. The number of rotatable bonds is 11. The number of ether oxygens (including phenoxy) is 3. The van der Waals surface area contributed by atoms with E-state index in [0.29, 0.717) is 19.8 Å². The van der Waals surface area contributed by atoms with Crippen molar-refractivity contribution >= 4 is 17.0 Å². The van der Waals surface area contributed by atoms with Crippen molar-refractivity contribution < 1.29 is 14.2 Å². The Hall–Kier alpha value is -1.91. The normalized spacial score (nSPS) is 11.5. The molecule has 4 nitrogen and oxygen atoms in total. The molecule has 0 aliphatic carbocycles. The van der Waals surface area contributed by atoms with Gasteiger partial charge in [-0.15, -0.1) is 0 Å². The summed E-state index contributed by atoms with van der Waals surface area (Å²) in [5.41, 5.74) is 3.02. The van der Waals surface area contributed by atoms with E-state index in [0.717, 1.165) is 53.8 Å². The Balaban J connectivity index is 2.12. The lowest BCUT2D eigenvalue weighted by Gasteiger charge is -2.14. The second-order valence-electron chi connectivity index (χ2n) is 5.97. The highest BCUT2D eigenvalue weighted by molar-refractivity contribution is 5.88. The summed E-state index contributed by atoms with van der Waals surface area (Å²) >= 11 is 0. The van der Waals surface area contributed by atoms with Gasteiger partial charge in [-0.25, -0.2) is 4.98 Å². The molecule has 4 heteroatoms. The lowest BCUT2D eigenvalue weighted by Crippen LogP contribution is -2.02. The summed E-state index contributed by atoms with van der Waals surface area (Å²) in [5, 5.41) is 1.08. The summed E-state index contributed by atoms with van der Waals surface area (Å²) in [5.74, 6) is 0.954. The maximum atomic E-state index is 6.09. The van der Waals surface area contributed by atoms with Gasteiger partial charge >= 0.3 is 0 Å². The number of unbranched alkanes of at least 4 members (excludes halogenated alkanes) is 1. The van der Waals surface area contributed by atoms with Gasteiger partial charge in [0.15, 0.2) is 0 Å². The third kappa shape index (κ3) is 5.83. The first-order chi connectivity index (χ1) is 12.3. The van der Waals surface area contributed by atoms with E-state index < -0.39 is 0 Å². The molecule has 1 aromatic heterocycles. The topological polar surface area (TPSA) is 40.6 Å². The fourth-order valence-electron chi connectivity index (χ4n) is 2.55. The summed E-state index contributed by atoms with van der Waals surface area (Å²) in [7, 11) is 1.68. The van der Waals surface area contributed by atoms with Crippen LogP contribution in [0.2, 0.25) is 0 Å². The van der Waals surface area contributed by atoms with Crippen LogP contribution in [0.1, 0.15) is 37.4 Å². The minimum atomic E-state index is 0.632. The minimum absolute atomic E-state index is 0.632. The van der Waals surface area contributed by atoms with E-state index in [2.05, 4.69) is 32.1 Å². The van der Waals surface area contributed by atoms with Crippen LogP contribution in [0.5, 0.6) is 5.75 Å². The number of aromatic nitrogens is 1. The first-order valence-electron chi connectivity index (χ1n) is 9.03. The van der Waals surface area contributed by atoms with Crippen molar-refractivity contribution in [2.45, 2.75) is 33.1 Å². The zero-order chi connectivity index (χ0) is 17.9. The van der Waals surface area contributed by atoms with Gasteiger partial charge < -0.3 is 14.2 Å². The minimum Gasteiger partial charge on any atom is -0.493 e. The number of para-hydroxylation sites is 1. The molecule has 0 amide bonds. The van der Waals surface area contributed by atoms with E-state index in [9.17, 15) is 0 Å². The Morgan fingerprint density at radius 1 is 1.08 bits per heavy atom. The first-order valence-corrected chi connectivity index (χ1v) is 9.03. The molecule has 0 unspecified atom stereocenters. The predicted octanol–water partition coefficient (Wildman–Crippen LogP) is 4.79. The Bertz CT molecular complexity index is 682. The van der Waals surface area contributed by atoms with Crippen molar-refractivity contribution in [3.63, 3.8) is 0 Å². The van der Waals surface area contributed by atoms with Gasteiger partial charge in [0.1, 0.15) is 5.75 Å².